The molecule has 80 valence electrons. The largest absolute Gasteiger partial charge is 0.303 e. The normalized spacial score (nSPS) is 14.1. The average molecular weight is 203 g/mol. The number of hydrogen-bond donors (Lipinski definition) is 1. The molecule has 0 bridgehead atoms. The van der Waals surface area contributed by atoms with Crippen molar-refractivity contribution >= 4 is 12.6 Å². The molecule has 2 heteroatoms. The summed E-state index contributed by atoms with van der Waals surface area (Å²) in [7, 11) is 0. The van der Waals surface area contributed by atoms with Gasteiger partial charge in [0, 0.05) is 13.1 Å². The van der Waals surface area contributed by atoms with Crippen molar-refractivity contribution in [2.45, 2.75) is 34.1 Å². The number of thiol groups is 1. The Labute approximate surface area is 89.3 Å². The van der Waals surface area contributed by atoms with E-state index in [2.05, 4.69) is 45.2 Å². The maximum absolute atomic E-state index is 4.37. The van der Waals surface area contributed by atoms with Crippen molar-refractivity contribution in [1.29, 1.82) is 0 Å². The van der Waals surface area contributed by atoms with Crippen molar-refractivity contribution in [3.63, 3.8) is 0 Å². The van der Waals surface area contributed by atoms with E-state index in [1.165, 1.54) is 26.1 Å². The van der Waals surface area contributed by atoms with E-state index >= 15 is 0 Å². The molecule has 0 aliphatic carbocycles. The van der Waals surface area contributed by atoms with Crippen LogP contribution >= 0.6 is 12.6 Å². The summed E-state index contributed by atoms with van der Waals surface area (Å²) in [6, 6.07) is 0. The van der Waals surface area contributed by atoms with Gasteiger partial charge in [-0.25, -0.2) is 0 Å². The second-order valence-corrected chi connectivity index (χ2v) is 4.57. The number of hydrogen-bond acceptors (Lipinski definition) is 2. The van der Waals surface area contributed by atoms with Crippen LogP contribution in [0.1, 0.15) is 34.1 Å². The van der Waals surface area contributed by atoms with Crippen molar-refractivity contribution in [3.05, 3.63) is 0 Å². The third kappa shape index (κ3) is 6.39. The van der Waals surface area contributed by atoms with Gasteiger partial charge in [-0.3, -0.25) is 0 Å². The molecular formula is C11H25NS. The lowest BCUT2D eigenvalue weighted by Gasteiger charge is -2.26. The predicted molar refractivity (Wildman–Crippen MR) is 64.6 cm³/mol. The Morgan fingerprint density at radius 1 is 1.15 bits per heavy atom. The highest BCUT2D eigenvalue weighted by molar-refractivity contribution is 7.80. The first-order valence-electron chi connectivity index (χ1n) is 5.47. The van der Waals surface area contributed by atoms with E-state index in [1.807, 2.05) is 0 Å². The lowest BCUT2D eigenvalue weighted by molar-refractivity contribution is 0.223. The molecule has 0 fully saturated rings. The molecule has 0 heterocycles. The zero-order valence-corrected chi connectivity index (χ0v) is 10.5. The Hall–Kier alpha value is 0.310. The fourth-order valence-corrected chi connectivity index (χ4v) is 1.90. The van der Waals surface area contributed by atoms with Gasteiger partial charge in [-0.1, -0.05) is 34.1 Å². The van der Waals surface area contributed by atoms with Crippen molar-refractivity contribution in [1.82, 2.24) is 4.90 Å². The summed E-state index contributed by atoms with van der Waals surface area (Å²) < 4.78 is 0. The second kappa shape index (κ2) is 7.69. The van der Waals surface area contributed by atoms with Gasteiger partial charge in [0.1, 0.15) is 0 Å². The summed E-state index contributed by atoms with van der Waals surface area (Å²) in [6.45, 7) is 12.7. The van der Waals surface area contributed by atoms with Gasteiger partial charge in [0.15, 0.2) is 0 Å². The topological polar surface area (TPSA) is 3.24 Å². The van der Waals surface area contributed by atoms with Crippen LogP contribution in [0.4, 0.5) is 0 Å². The van der Waals surface area contributed by atoms with Crippen molar-refractivity contribution in [2.75, 3.05) is 25.4 Å². The Morgan fingerprint density at radius 3 is 2.08 bits per heavy atom. The second-order valence-electron chi connectivity index (χ2n) is 4.20. The Kier molecular flexibility index (Phi) is 7.87. The minimum atomic E-state index is 0.766. The first kappa shape index (κ1) is 13.3. The molecule has 0 aromatic heterocycles. The molecule has 0 aliphatic heterocycles. The molecular weight excluding hydrogens is 178 g/mol. The first-order chi connectivity index (χ1) is 6.13. The van der Waals surface area contributed by atoms with Crippen LogP contribution in [0.5, 0.6) is 0 Å². The maximum Gasteiger partial charge on any atom is 0.00173 e. The molecule has 0 amide bonds. The van der Waals surface area contributed by atoms with E-state index in [0.717, 1.165) is 17.6 Å². The van der Waals surface area contributed by atoms with Gasteiger partial charge in [-0.2, -0.15) is 12.6 Å². The van der Waals surface area contributed by atoms with Crippen LogP contribution < -0.4 is 0 Å². The van der Waals surface area contributed by atoms with Gasteiger partial charge < -0.3 is 4.90 Å². The third-order valence-electron chi connectivity index (χ3n) is 2.42. The van der Waals surface area contributed by atoms with Crippen LogP contribution in [-0.4, -0.2) is 30.3 Å². The summed E-state index contributed by atoms with van der Waals surface area (Å²) in [5.41, 5.74) is 0. The highest BCUT2D eigenvalue weighted by Gasteiger charge is 2.10. The van der Waals surface area contributed by atoms with Crippen LogP contribution in [0, 0.1) is 11.8 Å². The van der Waals surface area contributed by atoms with Gasteiger partial charge in [0.05, 0.1) is 0 Å². The van der Waals surface area contributed by atoms with Crippen LogP contribution in [-0.2, 0) is 0 Å². The third-order valence-corrected chi connectivity index (χ3v) is 2.94. The van der Waals surface area contributed by atoms with Crippen LogP contribution in [0.2, 0.25) is 0 Å². The molecule has 1 unspecified atom stereocenters. The van der Waals surface area contributed by atoms with Gasteiger partial charge in [0.2, 0.25) is 0 Å². The van der Waals surface area contributed by atoms with Crippen LogP contribution in [0.25, 0.3) is 0 Å². The molecule has 0 radical (unpaired) electrons. The standard InChI is InChI=1S/C11H25NS/c1-5-11(9-13)8-12(6-2)7-10(3)4/h10-11,13H,5-9H2,1-4H3. The number of nitrogens with zero attached hydrogens (tertiary/aromatic N) is 1. The summed E-state index contributed by atoms with van der Waals surface area (Å²) in [5, 5.41) is 0. The molecule has 1 nitrogen and oxygen atoms in total. The van der Waals surface area contributed by atoms with E-state index < -0.39 is 0 Å². The highest BCUT2D eigenvalue weighted by atomic mass is 32.1. The van der Waals surface area contributed by atoms with Gasteiger partial charge >= 0.3 is 0 Å². The molecule has 0 spiro atoms. The molecule has 0 aromatic rings. The minimum Gasteiger partial charge on any atom is -0.303 e. The minimum absolute atomic E-state index is 0.766. The molecule has 0 N–H and O–H groups in total. The highest BCUT2D eigenvalue weighted by Crippen LogP contribution is 2.09. The summed E-state index contributed by atoms with van der Waals surface area (Å²) >= 11 is 4.37. The summed E-state index contributed by atoms with van der Waals surface area (Å²) in [4.78, 5) is 2.54. The molecule has 13 heavy (non-hydrogen) atoms. The fourth-order valence-electron chi connectivity index (χ4n) is 1.53. The summed E-state index contributed by atoms with van der Waals surface area (Å²) in [6.07, 6.45) is 1.25. The van der Waals surface area contributed by atoms with E-state index in [9.17, 15) is 0 Å². The molecule has 0 rings (SSSR count). The van der Waals surface area contributed by atoms with Gasteiger partial charge in [-0.05, 0) is 24.1 Å². The smallest absolute Gasteiger partial charge is 0.00173 e. The van der Waals surface area contributed by atoms with Gasteiger partial charge in [0.25, 0.3) is 0 Å². The monoisotopic (exact) mass is 203 g/mol. The van der Waals surface area contributed by atoms with E-state index in [4.69, 9.17) is 0 Å². The average Bonchev–Trinajstić information content (AvgIpc) is 2.11. The van der Waals surface area contributed by atoms with Gasteiger partial charge in [-0.15, -0.1) is 0 Å². The fraction of sp³-hybridized carbons (Fsp3) is 1.00. The maximum atomic E-state index is 4.37. The molecule has 0 saturated carbocycles. The lowest BCUT2D eigenvalue weighted by atomic mass is 10.1. The summed E-state index contributed by atoms with van der Waals surface area (Å²) in [5.74, 6) is 2.56. The zero-order valence-electron chi connectivity index (χ0n) is 9.58. The van der Waals surface area contributed by atoms with Crippen molar-refractivity contribution < 1.29 is 0 Å². The zero-order chi connectivity index (χ0) is 10.3. The Morgan fingerprint density at radius 2 is 1.77 bits per heavy atom. The molecule has 0 saturated heterocycles. The number of rotatable bonds is 7. The lowest BCUT2D eigenvalue weighted by Crippen LogP contribution is -2.33. The molecule has 0 aliphatic rings. The Bertz CT molecular complexity index is 111. The molecule has 0 aromatic carbocycles. The van der Waals surface area contributed by atoms with Crippen LogP contribution in [0.15, 0.2) is 0 Å². The van der Waals surface area contributed by atoms with E-state index in [0.29, 0.717) is 0 Å². The van der Waals surface area contributed by atoms with E-state index in [-0.39, 0.29) is 0 Å². The predicted octanol–water partition coefficient (Wildman–Crippen LogP) is 2.92. The SMILES string of the molecule is CCC(CS)CN(CC)CC(C)C. The van der Waals surface area contributed by atoms with Crippen molar-refractivity contribution in [2.24, 2.45) is 11.8 Å². The first-order valence-corrected chi connectivity index (χ1v) is 6.10. The van der Waals surface area contributed by atoms with Crippen LogP contribution in [0.3, 0.4) is 0 Å². The molecule has 1 atom stereocenters. The Balaban J connectivity index is 3.80. The van der Waals surface area contributed by atoms with E-state index in [1.54, 1.807) is 0 Å². The van der Waals surface area contributed by atoms with Crippen molar-refractivity contribution in [3.8, 4) is 0 Å². The quantitative estimate of drug-likeness (QED) is 0.623.